The number of ether oxygens (including phenoxy) is 2. The summed E-state index contributed by atoms with van der Waals surface area (Å²) in [6, 6.07) is 8.48. The van der Waals surface area contributed by atoms with Gasteiger partial charge in [-0.15, -0.1) is 24.0 Å². The smallest absolute Gasteiger partial charge is 0.191 e. The molecule has 0 aliphatic carbocycles. The van der Waals surface area contributed by atoms with E-state index in [-0.39, 0.29) is 29.4 Å². The molecule has 2 fully saturated rings. The molecule has 2 aliphatic rings. The van der Waals surface area contributed by atoms with Crippen molar-refractivity contribution in [2.75, 3.05) is 51.0 Å². The lowest BCUT2D eigenvalue weighted by Gasteiger charge is -2.37. The van der Waals surface area contributed by atoms with Gasteiger partial charge in [-0.25, -0.2) is 0 Å². The Kier molecular flexibility index (Phi) is 8.83. The monoisotopic (exact) mass is 491 g/mol. The normalized spacial score (nSPS) is 20.3. The molecule has 1 aromatic carbocycles. The first-order valence-electron chi connectivity index (χ1n) is 9.17. The molecule has 0 aromatic heterocycles. The van der Waals surface area contributed by atoms with Gasteiger partial charge in [0.25, 0.3) is 0 Å². The Bertz CT molecular complexity index is 571. The van der Waals surface area contributed by atoms with Gasteiger partial charge in [-0.1, -0.05) is 12.1 Å². The second-order valence-electron chi connectivity index (χ2n) is 6.62. The standard InChI is InChI=1S/C19H29N3O2S.HI/c1-2-24-17-5-3-16(4-6-17)19(7-11-23-12-8-19)15-21-18(20)22-9-13-25-14-10-22;/h3-6H,2,7-15H2,1H3,(H2,20,21);1H. The quantitative estimate of drug-likeness (QED) is 0.390. The molecule has 1 aromatic rings. The van der Waals surface area contributed by atoms with Gasteiger partial charge < -0.3 is 20.1 Å². The molecule has 2 heterocycles. The Labute approximate surface area is 178 Å². The molecule has 146 valence electrons. The molecular weight excluding hydrogens is 461 g/mol. The number of halogens is 1. The summed E-state index contributed by atoms with van der Waals surface area (Å²) >= 11 is 1.98. The second-order valence-corrected chi connectivity index (χ2v) is 7.85. The van der Waals surface area contributed by atoms with Crippen LogP contribution < -0.4 is 10.5 Å². The molecule has 3 rings (SSSR count). The van der Waals surface area contributed by atoms with Gasteiger partial charge in [0, 0.05) is 43.2 Å². The molecular formula is C19H30IN3O2S. The molecule has 2 aliphatic heterocycles. The summed E-state index contributed by atoms with van der Waals surface area (Å²) < 4.78 is 11.2. The van der Waals surface area contributed by atoms with E-state index in [1.807, 2.05) is 18.7 Å². The third-order valence-corrected chi connectivity index (χ3v) is 6.05. The fraction of sp³-hybridized carbons (Fsp3) is 0.632. The van der Waals surface area contributed by atoms with Crippen LogP contribution in [0.3, 0.4) is 0 Å². The lowest BCUT2D eigenvalue weighted by Crippen LogP contribution is -2.44. The Morgan fingerprint density at radius 1 is 1.23 bits per heavy atom. The summed E-state index contributed by atoms with van der Waals surface area (Å²) in [5, 5.41) is 0. The molecule has 2 saturated heterocycles. The second kappa shape index (κ2) is 10.6. The van der Waals surface area contributed by atoms with E-state index in [0.717, 1.165) is 62.9 Å². The first kappa shape index (κ1) is 21.6. The summed E-state index contributed by atoms with van der Waals surface area (Å²) in [6.45, 7) is 6.97. The van der Waals surface area contributed by atoms with Crippen LogP contribution in [0.4, 0.5) is 0 Å². The van der Waals surface area contributed by atoms with E-state index in [1.165, 1.54) is 5.56 Å². The van der Waals surface area contributed by atoms with E-state index in [2.05, 4.69) is 29.2 Å². The third kappa shape index (κ3) is 5.42. The van der Waals surface area contributed by atoms with Gasteiger partial charge in [0.2, 0.25) is 0 Å². The van der Waals surface area contributed by atoms with Gasteiger partial charge >= 0.3 is 0 Å². The molecule has 0 amide bonds. The first-order valence-corrected chi connectivity index (χ1v) is 10.3. The van der Waals surface area contributed by atoms with Crippen molar-refractivity contribution in [3.63, 3.8) is 0 Å². The fourth-order valence-corrected chi connectivity index (χ4v) is 4.40. The Hall–Kier alpha value is -0.670. The molecule has 0 saturated carbocycles. The zero-order valence-corrected chi connectivity index (χ0v) is 18.6. The SMILES string of the molecule is CCOc1ccc(C2(CN=C(N)N3CCSCC3)CCOCC2)cc1.I. The molecule has 0 bridgehead atoms. The number of benzene rings is 1. The number of nitrogens with zero attached hydrogens (tertiary/aromatic N) is 2. The maximum Gasteiger partial charge on any atom is 0.191 e. The van der Waals surface area contributed by atoms with Crippen molar-refractivity contribution in [2.24, 2.45) is 10.7 Å². The molecule has 2 N–H and O–H groups in total. The summed E-state index contributed by atoms with van der Waals surface area (Å²) in [7, 11) is 0. The highest BCUT2D eigenvalue weighted by molar-refractivity contribution is 14.0. The average molecular weight is 491 g/mol. The fourth-order valence-electron chi connectivity index (χ4n) is 3.50. The predicted octanol–water partition coefficient (Wildman–Crippen LogP) is 3.12. The van der Waals surface area contributed by atoms with E-state index < -0.39 is 0 Å². The van der Waals surface area contributed by atoms with Crippen LogP contribution in [0, 0.1) is 0 Å². The van der Waals surface area contributed by atoms with Gasteiger partial charge in [0.1, 0.15) is 5.75 Å². The van der Waals surface area contributed by atoms with Gasteiger partial charge in [0.05, 0.1) is 13.2 Å². The highest BCUT2D eigenvalue weighted by atomic mass is 127. The first-order chi connectivity index (χ1) is 12.2. The number of thioether (sulfide) groups is 1. The van der Waals surface area contributed by atoms with Gasteiger partial charge in [-0.3, -0.25) is 4.99 Å². The summed E-state index contributed by atoms with van der Waals surface area (Å²) in [5.74, 6) is 3.88. The topological polar surface area (TPSA) is 60.1 Å². The van der Waals surface area contributed by atoms with Crippen molar-refractivity contribution in [3.8, 4) is 5.75 Å². The van der Waals surface area contributed by atoms with E-state index in [4.69, 9.17) is 20.2 Å². The lowest BCUT2D eigenvalue weighted by atomic mass is 9.74. The van der Waals surface area contributed by atoms with Crippen LogP contribution in [0.1, 0.15) is 25.3 Å². The van der Waals surface area contributed by atoms with E-state index in [9.17, 15) is 0 Å². The summed E-state index contributed by atoms with van der Waals surface area (Å²) in [5.41, 5.74) is 7.60. The molecule has 7 heteroatoms. The number of hydrogen-bond donors (Lipinski definition) is 1. The zero-order valence-electron chi connectivity index (χ0n) is 15.5. The minimum absolute atomic E-state index is 0. The number of rotatable bonds is 5. The van der Waals surface area contributed by atoms with Crippen molar-refractivity contribution >= 4 is 41.7 Å². The van der Waals surface area contributed by atoms with Crippen molar-refractivity contribution in [1.82, 2.24) is 4.90 Å². The van der Waals surface area contributed by atoms with Crippen LogP contribution in [0.5, 0.6) is 5.75 Å². The van der Waals surface area contributed by atoms with Crippen molar-refractivity contribution in [1.29, 1.82) is 0 Å². The predicted molar refractivity (Wildman–Crippen MR) is 120 cm³/mol. The maximum absolute atomic E-state index is 6.28. The third-order valence-electron chi connectivity index (χ3n) is 5.11. The van der Waals surface area contributed by atoms with Gasteiger partial charge in [-0.2, -0.15) is 11.8 Å². The zero-order chi connectivity index (χ0) is 17.5. The van der Waals surface area contributed by atoms with Crippen LogP contribution >= 0.6 is 35.7 Å². The van der Waals surface area contributed by atoms with E-state index >= 15 is 0 Å². The average Bonchev–Trinajstić information content (AvgIpc) is 2.68. The van der Waals surface area contributed by atoms with Gasteiger partial charge in [0.15, 0.2) is 5.96 Å². The van der Waals surface area contributed by atoms with Gasteiger partial charge in [-0.05, 0) is 37.5 Å². The number of guanidine groups is 1. The molecule has 0 radical (unpaired) electrons. The summed E-state index contributed by atoms with van der Waals surface area (Å²) in [6.07, 6.45) is 1.96. The van der Waals surface area contributed by atoms with Crippen molar-refractivity contribution < 1.29 is 9.47 Å². The van der Waals surface area contributed by atoms with Crippen LogP contribution in [0.15, 0.2) is 29.3 Å². The Morgan fingerprint density at radius 3 is 2.50 bits per heavy atom. The molecule has 0 spiro atoms. The number of nitrogens with two attached hydrogens (primary N) is 1. The minimum Gasteiger partial charge on any atom is -0.494 e. The summed E-state index contributed by atoms with van der Waals surface area (Å²) in [4.78, 5) is 7.01. The Morgan fingerprint density at radius 2 is 1.88 bits per heavy atom. The highest BCUT2D eigenvalue weighted by Crippen LogP contribution is 2.36. The number of aliphatic imine (C=N–C) groups is 1. The highest BCUT2D eigenvalue weighted by Gasteiger charge is 2.34. The lowest BCUT2D eigenvalue weighted by molar-refractivity contribution is 0.0530. The van der Waals surface area contributed by atoms with Crippen LogP contribution in [0.2, 0.25) is 0 Å². The van der Waals surface area contributed by atoms with E-state index in [0.29, 0.717) is 12.6 Å². The van der Waals surface area contributed by atoms with Crippen LogP contribution in [0.25, 0.3) is 0 Å². The van der Waals surface area contributed by atoms with Crippen molar-refractivity contribution in [3.05, 3.63) is 29.8 Å². The van der Waals surface area contributed by atoms with E-state index in [1.54, 1.807) is 0 Å². The molecule has 0 unspecified atom stereocenters. The number of hydrogen-bond acceptors (Lipinski definition) is 4. The molecule has 26 heavy (non-hydrogen) atoms. The largest absolute Gasteiger partial charge is 0.494 e. The Balaban J connectivity index is 0.00000243. The minimum atomic E-state index is 0. The van der Waals surface area contributed by atoms with Crippen LogP contribution in [-0.2, 0) is 10.2 Å². The molecule has 0 atom stereocenters. The molecule has 5 nitrogen and oxygen atoms in total. The van der Waals surface area contributed by atoms with Crippen molar-refractivity contribution in [2.45, 2.75) is 25.2 Å². The maximum atomic E-state index is 6.28. The van der Waals surface area contributed by atoms with Crippen LogP contribution in [-0.4, -0.2) is 61.8 Å².